The molecule has 2 N–H and O–H groups in total. The van der Waals surface area contributed by atoms with Gasteiger partial charge in [-0.25, -0.2) is 0 Å². The first-order valence-corrected chi connectivity index (χ1v) is 4.42. The maximum Gasteiger partial charge on any atom is 0.00823 e. The molecule has 0 aromatic rings. The molecule has 2 atom stereocenters. The van der Waals surface area contributed by atoms with Crippen LogP contribution in [0.1, 0.15) is 25.7 Å². The van der Waals surface area contributed by atoms with Crippen molar-refractivity contribution in [3.05, 3.63) is 0 Å². The Morgan fingerprint density at radius 2 is 1.40 bits per heavy atom. The van der Waals surface area contributed by atoms with E-state index < -0.39 is 0 Å². The van der Waals surface area contributed by atoms with E-state index in [-0.39, 0.29) is 0 Å². The van der Waals surface area contributed by atoms with Gasteiger partial charge in [0, 0.05) is 12.1 Å². The van der Waals surface area contributed by atoms with E-state index in [4.69, 9.17) is 0 Å². The lowest BCUT2D eigenvalue weighted by Crippen LogP contribution is -2.37. The van der Waals surface area contributed by atoms with Gasteiger partial charge in [-0.2, -0.15) is 0 Å². The molecule has 58 valence electrons. The summed E-state index contributed by atoms with van der Waals surface area (Å²) in [5, 5.41) is 7.10. The van der Waals surface area contributed by atoms with E-state index in [0.717, 1.165) is 12.1 Å². The summed E-state index contributed by atoms with van der Waals surface area (Å²) < 4.78 is 0. The van der Waals surface area contributed by atoms with Crippen LogP contribution in [0.15, 0.2) is 0 Å². The molecular formula is C8H16N2. The van der Waals surface area contributed by atoms with Crippen LogP contribution in [-0.2, 0) is 0 Å². The van der Waals surface area contributed by atoms with E-state index in [9.17, 15) is 0 Å². The average Bonchev–Trinajstić information content (AvgIpc) is 2.30. The van der Waals surface area contributed by atoms with Crippen LogP contribution < -0.4 is 10.6 Å². The molecule has 2 nitrogen and oxygen atoms in total. The van der Waals surface area contributed by atoms with Crippen LogP contribution in [0, 0.1) is 0 Å². The van der Waals surface area contributed by atoms with Crippen molar-refractivity contribution in [1.82, 2.24) is 10.6 Å². The van der Waals surface area contributed by atoms with Gasteiger partial charge in [-0.05, 0) is 38.8 Å². The molecule has 0 aliphatic carbocycles. The molecule has 0 aromatic heterocycles. The number of nitrogens with one attached hydrogen (secondary N) is 2. The Bertz CT molecular complexity index is 102. The van der Waals surface area contributed by atoms with Crippen molar-refractivity contribution < 1.29 is 0 Å². The van der Waals surface area contributed by atoms with Crippen molar-refractivity contribution in [2.24, 2.45) is 0 Å². The minimum atomic E-state index is 0.831. The van der Waals surface area contributed by atoms with Crippen LogP contribution in [0.4, 0.5) is 0 Å². The maximum atomic E-state index is 3.65. The second-order valence-corrected chi connectivity index (χ2v) is 3.47. The molecule has 2 heterocycles. The van der Waals surface area contributed by atoms with Gasteiger partial charge >= 0.3 is 0 Å². The second kappa shape index (κ2) is 2.89. The van der Waals surface area contributed by atoms with E-state index in [0.29, 0.717) is 0 Å². The molecule has 2 bridgehead atoms. The minimum Gasteiger partial charge on any atom is -0.317 e. The Labute approximate surface area is 62.4 Å². The number of hydrogen-bond donors (Lipinski definition) is 2. The molecule has 10 heavy (non-hydrogen) atoms. The van der Waals surface area contributed by atoms with Gasteiger partial charge in [-0.15, -0.1) is 0 Å². The Balaban J connectivity index is 1.91. The molecule has 0 spiro atoms. The standard InChI is InChI=1S/C8H16N2/c1-2-8-4-6-9-5-3-7(1)10-8/h7-10H,1-6H2. The van der Waals surface area contributed by atoms with Gasteiger partial charge < -0.3 is 10.6 Å². The van der Waals surface area contributed by atoms with Crippen molar-refractivity contribution in [3.8, 4) is 0 Å². The van der Waals surface area contributed by atoms with Crippen molar-refractivity contribution in [1.29, 1.82) is 0 Å². The summed E-state index contributed by atoms with van der Waals surface area (Å²) in [5.74, 6) is 0. The third-order valence-electron chi connectivity index (χ3n) is 2.67. The molecule has 2 fully saturated rings. The maximum absolute atomic E-state index is 3.65. The van der Waals surface area contributed by atoms with Crippen LogP contribution in [0.5, 0.6) is 0 Å². The predicted molar refractivity (Wildman–Crippen MR) is 42.0 cm³/mol. The molecular weight excluding hydrogens is 124 g/mol. The lowest BCUT2D eigenvalue weighted by Gasteiger charge is -2.18. The molecule has 0 amide bonds. The van der Waals surface area contributed by atoms with E-state index in [1.165, 1.54) is 38.8 Å². The SMILES string of the molecule is C1CC2CCC(CCN1)N2. The zero-order valence-electron chi connectivity index (χ0n) is 6.40. The quantitative estimate of drug-likeness (QED) is 0.511. The van der Waals surface area contributed by atoms with Crippen molar-refractivity contribution in [2.75, 3.05) is 13.1 Å². The van der Waals surface area contributed by atoms with E-state index in [1.807, 2.05) is 0 Å². The number of hydrogen-bond acceptors (Lipinski definition) is 2. The Hall–Kier alpha value is -0.0800. The second-order valence-electron chi connectivity index (χ2n) is 3.47. The number of fused-ring (bicyclic) bond motifs is 2. The predicted octanol–water partition coefficient (Wildman–Crippen LogP) is 0.490. The smallest absolute Gasteiger partial charge is 0.00823 e. The first kappa shape index (κ1) is 6.62. The number of rotatable bonds is 0. The van der Waals surface area contributed by atoms with Crippen LogP contribution in [-0.4, -0.2) is 25.2 Å². The van der Waals surface area contributed by atoms with Gasteiger partial charge in [0.25, 0.3) is 0 Å². The summed E-state index contributed by atoms with van der Waals surface area (Å²) in [7, 11) is 0. The summed E-state index contributed by atoms with van der Waals surface area (Å²) in [4.78, 5) is 0. The molecule has 2 aliphatic rings. The van der Waals surface area contributed by atoms with Gasteiger partial charge in [-0.1, -0.05) is 0 Å². The van der Waals surface area contributed by atoms with Crippen molar-refractivity contribution in [2.45, 2.75) is 37.8 Å². The summed E-state index contributed by atoms with van der Waals surface area (Å²) >= 11 is 0. The summed E-state index contributed by atoms with van der Waals surface area (Å²) in [6, 6.07) is 1.66. The van der Waals surface area contributed by atoms with Crippen LogP contribution in [0.2, 0.25) is 0 Å². The molecule has 0 saturated carbocycles. The fourth-order valence-corrected chi connectivity index (χ4v) is 2.04. The van der Waals surface area contributed by atoms with Crippen LogP contribution >= 0.6 is 0 Å². The molecule has 2 heteroatoms. The Kier molecular flexibility index (Phi) is 1.91. The van der Waals surface area contributed by atoms with Crippen molar-refractivity contribution in [3.63, 3.8) is 0 Å². The highest BCUT2D eigenvalue weighted by atomic mass is 15.0. The highest BCUT2D eigenvalue weighted by molar-refractivity contribution is 4.85. The minimum absolute atomic E-state index is 0.831. The Morgan fingerprint density at radius 1 is 0.800 bits per heavy atom. The van der Waals surface area contributed by atoms with Crippen LogP contribution in [0.25, 0.3) is 0 Å². The molecule has 0 aromatic carbocycles. The average molecular weight is 140 g/mol. The van der Waals surface area contributed by atoms with Gasteiger partial charge in [-0.3, -0.25) is 0 Å². The van der Waals surface area contributed by atoms with Gasteiger partial charge in [0.05, 0.1) is 0 Å². The largest absolute Gasteiger partial charge is 0.317 e. The lowest BCUT2D eigenvalue weighted by molar-refractivity contribution is 0.434. The molecule has 2 rings (SSSR count). The first-order valence-electron chi connectivity index (χ1n) is 4.42. The highest BCUT2D eigenvalue weighted by Crippen LogP contribution is 2.17. The van der Waals surface area contributed by atoms with Crippen molar-refractivity contribution >= 4 is 0 Å². The molecule has 2 saturated heterocycles. The van der Waals surface area contributed by atoms with Gasteiger partial charge in [0.15, 0.2) is 0 Å². The Morgan fingerprint density at radius 3 is 2.00 bits per heavy atom. The van der Waals surface area contributed by atoms with Crippen LogP contribution in [0.3, 0.4) is 0 Å². The summed E-state index contributed by atoms with van der Waals surface area (Å²) in [5.41, 5.74) is 0. The van der Waals surface area contributed by atoms with E-state index in [2.05, 4.69) is 10.6 Å². The fraction of sp³-hybridized carbons (Fsp3) is 1.00. The first-order chi connectivity index (χ1) is 4.95. The van der Waals surface area contributed by atoms with Gasteiger partial charge in [0.1, 0.15) is 0 Å². The third kappa shape index (κ3) is 1.32. The monoisotopic (exact) mass is 140 g/mol. The zero-order chi connectivity index (χ0) is 6.81. The highest BCUT2D eigenvalue weighted by Gasteiger charge is 2.23. The lowest BCUT2D eigenvalue weighted by atomic mass is 10.1. The zero-order valence-corrected chi connectivity index (χ0v) is 6.40. The van der Waals surface area contributed by atoms with E-state index in [1.54, 1.807) is 0 Å². The third-order valence-corrected chi connectivity index (χ3v) is 2.67. The summed E-state index contributed by atoms with van der Waals surface area (Å²) in [6.45, 7) is 2.43. The summed E-state index contributed by atoms with van der Waals surface area (Å²) in [6.07, 6.45) is 5.48. The normalized spacial score (nSPS) is 40.8. The fourth-order valence-electron chi connectivity index (χ4n) is 2.04. The van der Waals surface area contributed by atoms with Gasteiger partial charge in [0.2, 0.25) is 0 Å². The molecule has 2 unspecified atom stereocenters. The topological polar surface area (TPSA) is 24.1 Å². The molecule has 0 radical (unpaired) electrons. The molecule has 2 aliphatic heterocycles. The van der Waals surface area contributed by atoms with E-state index >= 15 is 0 Å².